The third kappa shape index (κ3) is 3.94. The van der Waals surface area contributed by atoms with Crippen molar-refractivity contribution in [1.82, 2.24) is 10.2 Å². The molecule has 2 saturated heterocycles. The van der Waals surface area contributed by atoms with Crippen LogP contribution in [0.15, 0.2) is 18.2 Å². The van der Waals surface area contributed by atoms with Crippen LogP contribution in [0.5, 0.6) is 5.75 Å². The molecular weight excluding hydrogens is 340 g/mol. The number of hydrogen-bond acceptors (Lipinski definition) is 4. The van der Waals surface area contributed by atoms with Gasteiger partial charge in [-0.2, -0.15) is 0 Å². The molecule has 25 heavy (non-hydrogen) atoms. The van der Waals surface area contributed by atoms with Crippen molar-refractivity contribution in [3.8, 4) is 5.75 Å². The van der Waals surface area contributed by atoms with Gasteiger partial charge < -0.3 is 19.7 Å². The van der Waals surface area contributed by atoms with E-state index in [1.54, 1.807) is 14.2 Å². The van der Waals surface area contributed by atoms with Gasteiger partial charge in [0.05, 0.1) is 25.2 Å². The lowest BCUT2D eigenvalue weighted by Gasteiger charge is -2.38. The van der Waals surface area contributed by atoms with Crippen LogP contribution in [0.1, 0.15) is 18.4 Å². The molecule has 6 heteroatoms. The van der Waals surface area contributed by atoms with E-state index in [4.69, 9.17) is 21.1 Å². The van der Waals surface area contributed by atoms with Gasteiger partial charge >= 0.3 is 0 Å². The minimum absolute atomic E-state index is 0.165. The van der Waals surface area contributed by atoms with Crippen molar-refractivity contribution in [1.29, 1.82) is 0 Å². The summed E-state index contributed by atoms with van der Waals surface area (Å²) in [5.74, 6) is 1.22. The molecule has 2 aliphatic heterocycles. The molecule has 3 rings (SSSR count). The summed E-state index contributed by atoms with van der Waals surface area (Å²) in [5, 5.41) is 3.97. The molecule has 2 fully saturated rings. The Hall–Kier alpha value is -1.30. The highest BCUT2D eigenvalue weighted by molar-refractivity contribution is 6.32. The molecule has 0 aliphatic carbocycles. The van der Waals surface area contributed by atoms with Gasteiger partial charge in [0.15, 0.2) is 0 Å². The number of carbonyl (C=O) groups excluding carboxylic acids is 1. The number of amides is 1. The average Bonchev–Trinajstić information content (AvgIpc) is 2.94. The third-order valence-corrected chi connectivity index (χ3v) is 6.00. The van der Waals surface area contributed by atoms with Gasteiger partial charge in [0, 0.05) is 26.1 Å². The Morgan fingerprint density at radius 3 is 2.76 bits per heavy atom. The largest absolute Gasteiger partial charge is 0.495 e. The first kappa shape index (κ1) is 18.5. The Kier molecular flexibility index (Phi) is 5.87. The minimum Gasteiger partial charge on any atom is -0.495 e. The van der Waals surface area contributed by atoms with E-state index in [9.17, 15) is 4.79 Å². The van der Waals surface area contributed by atoms with E-state index in [0.29, 0.717) is 23.1 Å². The lowest BCUT2D eigenvalue weighted by Crippen LogP contribution is -2.43. The molecule has 1 aromatic carbocycles. The van der Waals surface area contributed by atoms with Crippen molar-refractivity contribution in [2.24, 2.45) is 11.3 Å². The van der Waals surface area contributed by atoms with Crippen LogP contribution in [0.25, 0.3) is 0 Å². The minimum atomic E-state index is 0.165. The van der Waals surface area contributed by atoms with Crippen molar-refractivity contribution in [2.45, 2.75) is 19.3 Å². The molecule has 0 radical (unpaired) electrons. The van der Waals surface area contributed by atoms with Gasteiger partial charge in [-0.25, -0.2) is 0 Å². The smallest absolute Gasteiger partial charge is 0.227 e. The SMILES string of the molecule is COCC1CN(C(=O)Cc2ccc(OC)c(Cl)c2)CC12CCNCC2. The maximum absolute atomic E-state index is 12.9. The van der Waals surface area contributed by atoms with E-state index in [1.165, 1.54) is 0 Å². The van der Waals surface area contributed by atoms with E-state index < -0.39 is 0 Å². The molecule has 0 bridgehead atoms. The normalized spacial score (nSPS) is 22.4. The highest BCUT2D eigenvalue weighted by Gasteiger charge is 2.47. The maximum Gasteiger partial charge on any atom is 0.227 e. The fourth-order valence-corrected chi connectivity index (χ4v) is 4.53. The zero-order valence-corrected chi connectivity index (χ0v) is 15.8. The van der Waals surface area contributed by atoms with Crippen LogP contribution in [0, 0.1) is 11.3 Å². The molecule has 1 spiro atoms. The fourth-order valence-electron chi connectivity index (χ4n) is 4.25. The van der Waals surface area contributed by atoms with Crippen molar-refractivity contribution in [3.63, 3.8) is 0 Å². The van der Waals surface area contributed by atoms with Crippen LogP contribution in [0.3, 0.4) is 0 Å². The second-order valence-electron chi connectivity index (χ2n) is 7.18. The van der Waals surface area contributed by atoms with Gasteiger partial charge in [-0.05, 0) is 49.0 Å². The van der Waals surface area contributed by atoms with Gasteiger partial charge in [-0.1, -0.05) is 17.7 Å². The van der Waals surface area contributed by atoms with E-state index in [0.717, 1.165) is 51.2 Å². The number of piperidine rings is 1. The molecule has 5 nitrogen and oxygen atoms in total. The van der Waals surface area contributed by atoms with Crippen LogP contribution in [0.2, 0.25) is 5.02 Å². The predicted octanol–water partition coefficient (Wildman–Crippen LogP) is 2.37. The summed E-state index contributed by atoms with van der Waals surface area (Å²) in [5.41, 5.74) is 1.12. The zero-order chi connectivity index (χ0) is 17.9. The Morgan fingerprint density at radius 2 is 2.12 bits per heavy atom. The molecule has 1 N–H and O–H groups in total. The number of hydrogen-bond donors (Lipinski definition) is 1. The van der Waals surface area contributed by atoms with Crippen LogP contribution in [-0.2, 0) is 16.0 Å². The second kappa shape index (κ2) is 7.94. The summed E-state index contributed by atoms with van der Waals surface area (Å²) in [6, 6.07) is 5.55. The Balaban J connectivity index is 1.69. The first-order chi connectivity index (χ1) is 12.1. The quantitative estimate of drug-likeness (QED) is 0.869. The van der Waals surface area contributed by atoms with Crippen LogP contribution < -0.4 is 10.1 Å². The molecule has 138 valence electrons. The van der Waals surface area contributed by atoms with E-state index in [-0.39, 0.29) is 11.3 Å². The van der Waals surface area contributed by atoms with Gasteiger partial charge in [-0.15, -0.1) is 0 Å². The molecule has 0 aromatic heterocycles. The maximum atomic E-state index is 12.9. The van der Waals surface area contributed by atoms with Gasteiger partial charge in [0.1, 0.15) is 5.75 Å². The first-order valence-electron chi connectivity index (χ1n) is 8.88. The first-order valence-corrected chi connectivity index (χ1v) is 9.25. The van der Waals surface area contributed by atoms with Crippen molar-refractivity contribution >= 4 is 17.5 Å². The number of rotatable bonds is 5. The standard InChI is InChI=1S/C19H27ClN2O3/c1-24-12-15-11-22(13-19(15)5-7-21-8-6-19)18(23)10-14-3-4-17(25-2)16(20)9-14/h3-4,9,15,21H,5-8,10-13H2,1-2H3. The Bertz CT molecular complexity index is 617. The van der Waals surface area contributed by atoms with Crippen molar-refractivity contribution in [3.05, 3.63) is 28.8 Å². The molecule has 1 aromatic rings. The number of methoxy groups -OCH3 is 2. The zero-order valence-electron chi connectivity index (χ0n) is 15.0. The summed E-state index contributed by atoms with van der Waals surface area (Å²) >= 11 is 6.18. The molecule has 2 aliphatic rings. The number of benzene rings is 1. The summed E-state index contributed by atoms with van der Waals surface area (Å²) in [6.45, 7) is 4.40. The number of likely N-dealkylation sites (tertiary alicyclic amines) is 1. The summed E-state index contributed by atoms with van der Waals surface area (Å²) < 4.78 is 10.6. The summed E-state index contributed by atoms with van der Waals surface area (Å²) in [7, 11) is 3.34. The number of halogens is 1. The molecule has 0 saturated carbocycles. The monoisotopic (exact) mass is 366 g/mol. The van der Waals surface area contributed by atoms with E-state index in [2.05, 4.69) is 5.32 Å². The van der Waals surface area contributed by atoms with Crippen LogP contribution in [-0.4, -0.2) is 57.8 Å². The van der Waals surface area contributed by atoms with E-state index >= 15 is 0 Å². The third-order valence-electron chi connectivity index (χ3n) is 5.70. The molecule has 1 atom stereocenters. The number of nitrogens with zero attached hydrogens (tertiary/aromatic N) is 1. The molecular formula is C19H27ClN2O3. The Morgan fingerprint density at radius 1 is 1.36 bits per heavy atom. The van der Waals surface area contributed by atoms with E-state index in [1.807, 2.05) is 23.1 Å². The highest BCUT2D eigenvalue weighted by atomic mass is 35.5. The van der Waals surface area contributed by atoms with Gasteiger partial charge in [-0.3, -0.25) is 4.79 Å². The molecule has 1 amide bonds. The van der Waals surface area contributed by atoms with Gasteiger partial charge in [0.25, 0.3) is 0 Å². The van der Waals surface area contributed by atoms with Crippen LogP contribution in [0.4, 0.5) is 0 Å². The van der Waals surface area contributed by atoms with Crippen molar-refractivity contribution < 1.29 is 14.3 Å². The lowest BCUT2D eigenvalue weighted by atomic mass is 9.71. The second-order valence-corrected chi connectivity index (χ2v) is 7.59. The summed E-state index contributed by atoms with van der Waals surface area (Å²) in [4.78, 5) is 14.9. The fraction of sp³-hybridized carbons (Fsp3) is 0.632. The number of nitrogens with one attached hydrogen (secondary N) is 1. The number of carbonyl (C=O) groups is 1. The topological polar surface area (TPSA) is 50.8 Å². The molecule has 1 unspecified atom stereocenters. The lowest BCUT2D eigenvalue weighted by molar-refractivity contribution is -0.130. The molecule has 2 heterocycles. The predicted molar refractivity (Wildman–Crippen MR) is 98.2 cm³/mol. The highest BCUT2D eigenvalue weighted by Crippen LogP contribution is 2.43. The van der Waals surface area contributed by atoms with Crippen molar-refractivity contribution in [2.75, 3.05) is 47.0 Å². The Labute approximate surface area is 154 Å². The summed E-state index contributed by atoms with van der Waals surface area (Å²) in [6.07, 6.45) is 2.59. The number of ether oxygens (including phenoxy) is 2. The van der Waals surface area contributed by atoms with Gasteiger partial charge in [0.2, 0.25) is 5.91 Å². The van der Waals surface area contributed by atoms with Crippen LogP contribution >= 0.6 is 11.6 Å². The average molecular weight is 367 g/mol.